The predicted octanol–water partition coefficient (Wildman–Crippen LogP) is 1.34. The van der Waals surface area contributed by atoms with Crippen molar-refractivity contribution in [2.45, 2.75) is 6.54 Å². The lowest BCUT2D eigenvalue weighted by Crippen LogP contribution is -2.45. The van der Waals surface area contributed by atoms with Crippen molar-refractivity contribution in [3.63, 3.8) is 0 Å². The van der Waals surface area contributed by atoms with Crippen molar-refractivity contribution < 1.29 is 24.0 Å². The van der Waals surface area contributed by atoms with Crippen molar-refractivity contribution in [2.24, 2.45) is 0 Å². The highest BCUT2D eigenvalue weighted by atomic mass is 16.6. The number of nitrogens with zero attached hydrogens (tertiary/aromatic N) is 3. The molecule has 2 aromatic carbocycles. The Labute approximate surface area is 172 Å². The van der Waals surface area contributed by atoms with Crippen molar-refractivity contribution in [1.29, 1.82) is 0 Å². The summed E-state index contributed by atoms with van der Waals surface area (Å²) in [6.45, 7) is -0.251. The number of anilines is 1. The lowest BCUT2D eigenvalue weighted by molar-refractivity contribution is -0.384. The summed E-state index contributed by atoms with van der Waals surface area (Å²) in [5.74, 6) is -0.706. The van der Waals surface area contributed by atoms with Gasteiger partial charge in [0.25, 0.3) is 17.5 Å². The largest absolute Gasteiger partial charge is 0.482 e. The Kier molecular flexibility index (Phi) is 5.95. The number of rotatable bonds is 6. The molecule has 10 heteroatoms. The van der Waals surface area contributed by atoms with E-state index in [9.17, 15) is 24.5 Å². The summed E-state index contributed by atoms with van der Waals surface area (Å²) in [6.07, 6.45) is 0. The van der Waals surface area contributed by atoms with Crippen LogP contribution in [0.4, 0.5) is 11.4 Å². The zero-order valence-electron chi connectivity index (χ0n) is 16.5. The third kappa shape index (κ3) is 4.37. The zero-order chi connectivity index (χ0) is 21.8. The number of carbonyl (C=O) groups is 3. The van der Waals surface area contributed by atoms with Gasteiger partial charge in [-0.3, -0.25) is 29.4 Å². The number of ether oxygens (including phenoxy) is 1. The minimum atomic E-state index is -0.575. The van der Waals surface area contributed by atoms with E-state index in [1.54, 1.807) is 38.4 Å². The molecule has 2 aromatic rings. The molecule has 3 rings (SSSR count). The van der Waals surface area contributed by atoms with E-state index in [2.05, 4.69) is 5.32 Å². The zero-order valence-corrected chi connectivity index (χ0v) is 16.5. The van der Waals surface area contributed by atoms with Gasteiger partial charge in [-0.25, -0.2) is 0 Å². The molecule has 0 aliphatic carbocycles. The number of non-ortho nitro benzene ring substituents is 1. The fourth-order valence-corrected chi connectivity index (χ4v) is 3.00. The molecule has 0 aromatic heterocycles. The van der Waals surface area contributed by atoms with Crippen LogP contribution in [0.5, 0.6) is 5.75 Å². The quantitative estimate of drug-likeness (QED) is 0.564. The highest BCUT2D eigenvalue weighted by Gasteiger charge is 2.30. The van der Waals surface area contributed by atoms with Crippen molar-refractivity contribution in [2.75, 3.05) is 32.1 Å². The number of carbonyl (C=O) groups excluding carboxylic acids is 3. The Morgan fingerprint density at radius 1 is 1.23 bits per heavy atom. The monoisotopic (exact) mass is 412 g/mol. The molecular weight excluding hydrogens is 392 g/mol. The highest BCUT2D eigenvalue weighted by Crippen LogP contribution is 2.35. The molecule has 30 heavy (non-hydrogen) atoms. The highest BCUT2D eigenvalue weighted by molar-refractivity contribution is 6.02. The summed E-state index contributed by atoms with van der Waals surface area (Å²) in [5, 5.41) is 13.6. The van der Waals surface area contributed by atoms with Crippen molar-refractivity contribution >= 4 is 29.1 Å². The van der Waals surface area contributed by atoms with Gasteiger partial charge in [0.05, 0.1) is 10.6 Å². The minimum absolute atomic E-state index is 0.192. The van der Waals surface area contributed by atoms with Crippen LogP contribution in [0.3, 0.4) is 0 Å². The summed E-state index contributed by atoms with van der Waals surface area (Å²) in [5.41, 5.74) is 1.31. The second kappa shape index (κ2) is 8.60. The van der Waals surface area contributed by atoms with Gasteiger partial charge >= 0.3 is 0 Å². The molecule has 0 saturated heterocycles. The number of nitro groups is 1. The van der Waals surface area contributed by atoms with E-state index in [0.717, 1.165) is 5.56 Å². The van der Waals surface area contributed by atoms with Gasteiger partial charge in [-0.05, 0) is 23.8 Å². The number of hydrogen-bond donors (Lipinski definition) is 1. The normalized spacial score (nSPS) is 12.6. The molecule has 0 saturated carbocycles. The van der Waals surface area contributed by atoms with Crippen molar-refractivity contribution in [3.05, 3.63) is 63.7 Å². The van der Waals surface area contributed by atoms with Crippen LogP contribution >= 0.6 is 0 Å². The molecule has 1 heterocycles. The Morgan fingerprint density at radius 3 is 2.57 bits per heavy atom. The Balaban J connectivity index is 1.72. The first-order valence-electron chi connectivity index (χ1n) is 9.06. The average molecular weight is 412 g/mol. The third-order valence-corrected chi connectivity index (χ3v) is 4.68. The lowest BCUT2D eigenvalue weighted by Gasteiger charge is -2.30. The predicted molar refractivity (Wildman–Crippen MR) is 107 cm³/mol. The van der Waals surface area contributed by atoms with Crippen molar-refractivity contribution in [3.8, 4) is 5.75 Å². The molecule has 1 aliphatic rings. The number of benzene rings is 2. The van der Waals surface area contributed by atoms with Crippen LogP contribution in [-0.4, -0.2) is 54.8 Å². The maximum atomic E-state index is 12.7. The van der Waals surface area contributed by atoms with Gasteiger partial charge in [-0.1, -0.05) is 12.1 Å². The number of likely N-dealkylation sites (N-methyl/N-ethyl adjacent to an activating group) is 1. The van der Waals surface area contributed by atoms with Gasteiger partial charge in [0.2, 0.25) is 5.91 Å². The fourth-order valence-electron chi connectivity index (χ4n) is 3.00. The maximum absolute atomic E-state index is 12.7. The van der Waals surface area contributed by atoms with Gasteiger partial charge in [-0.2, -0.15) is 0 Å². The van der Waals surface area contributed by atoms with E-state index in [-0.39, 0.29) is 42.9 Å². The summed E-state index contributed by atoms with van der Waals surface area (Å²) < 4.78 is 5.31. The van der Waals surface area contributed by atoms with Crippen molar-refractivity contribution in [1.82, 2.24) is 10.2 Å². The van der Waals surface area contributed by atoms with Crippen LogP contribution in [0.2, 0.25) is 0 Å². The lowest BCUT2D eigenvalue weighted by atomic mass is 10.1. The molecule has 0 spiro atoms. The number of nitro benzene ring substituents is 1. The molecule has 1 N–H and O–H groups in total. The first kappa shape index (κ1) is 20.8. The van der Waals surface area contributed by atoms with Crippen LogP contribution in [-0.2, 0) is 16.1 Å². The van der Waals surface area contributed by atoms with Gasteiger partial charge in [0.15, 0.2) is 6.61 Å². The van der Waals surface area contributed by atoms with Crippen LogP contribution in [0.25, 0.3) is 0 Å². The fraction of sp³-hybridized carbons (Fsp3) is 0.250. The molecule has 10 nitrogen and oxygen atoms in total. The van der Waals surface area contributed by atoms with E-state index in [1.807, 2.05) is 0 Å². The molecular formula is C20H20N4O6. The van der Waals surface area contributed by atoms with Gasteiger partial charge in [0.1, 0.15) is 12.3 Å². The summed E-state index contributed by atoms with van der Waals surface area (Å²) in [4.78, 5) is 49.7. The van der Waals surface area contributed by atoms with E-state index in [4.69, 9.17) is 4.74 Å². The first-order valence-corrected chi connectivity index (χ1v) is 9.06. The molecule has 0 fully saturated rings. The molecule has 3 amide bonds. The van der Waals surface area contributed by atoms with E-state index in [1.165, 1.54) is 28.0 Å². The SMILES string of the molecule is CNC(=O)c1ccc(CN(C)C(=O)CN2C(=O)COc3ccc([N+](=O)[O-])cc32)cc1. The topological polar surface area (TPSA) is 122 Å². The van der Waals surface area contributed by atoms with E-state index >= 15 is 0 Å². The van der Waals surface area contributed by atoms with Crippen LogP contribution in [0, 0.1) is 10.1 Å². The number of nitrogens with one attached hydrogen (secondary N) is 1. The van der Waals surface area contributed by atoms with E-state index < -0.39 is 10.8 Å². The van der Waals surface area contributed by atoms with Crippen LogP contribution in [0.1, 0.15) is 15.9 Å². The van der Waals surface area contributed by atoms with Crippen LogP contribution in [0.15, 0.2) is 42.5 Å². The minimum Gasteiger partial charge on any atom is -0.482 e. The molecule has 156 valence electrons. The first-order chi connectivity index (χ1) is 14.3. The van der Waals surface area contributed by atoms with Crippen LogP contribution < -0.4 is 15.0 Å². The number of amides is 3. The second-order valence-electron chi connectivity index (χ2n) is 6.70. The molecule has 0 atom stereocenters. The van der Waals surface area contributed by atoms with Gasteiger partial charge in [0, 0.05) is 38.3 Å². The maximum Gasteiger partial charge on any atom is 0.271 e. The Morgan fingerprint density at radius 2 is 1.93 bits per heavy atom. The molecule has 0 radical (unpaired) electrons. The Bertz CT molecular complexity index is 1000. The number of hydrogen-bond acceptors (Lipinski definition) is 6. The summed E-state index contributed by atoms with van der Waals surface area (Å²) in [6, 6.07) is 10.7. The van der Waals surface area contributed by atoms with E-state index in [0.29, 0.717) is 11.3 Å². The smallest absolute Gasteiger partial charge is 0.271 e. The van der Waals surface area contributed by atoms with Gasteiger partial charge < -0.3 is 15.0 Å². The standard InChI is InChI=1S/C20H20N4O6/c1-21-20(27)14-5-3-13(4-6-14)10-22(2)18(25)11-23-16-9-15(24(28)29)7-8-17(16)30-12-19(23)26/h3-9H,10-12H2,1-2H3,(H,21,27). The molecule has 0 bridgehead atoms. The molecule has 1 aliphatic heterocycles. The van der Waals surface area contributed by atoms with Gasteiger partial charge in [-0.15, -0.1) is 0 Å². The third-order valence-electron chi connectivity index (χ3n) is 4.68. The number of fused-ring (bicyclic) bond motifs is 1. The second-order valence-corrected chi connectivity index (χ2v) is 6.70. The summed E-state index contributed by atoms with van der Waals surface area (Å²) >= 11 is 0. The molecule has 0 unspecified atom stereocenters. The summed E-state index contributed by atoms with van der Waals surface area (Å²) in [7, 11) is 3.14. The average Bonchev–Trinajstić information content (AvgIpc) is 2.75. The Hall–Kier alpha value is -3.95.